The third kappa shape index (κ3) is 8.72. The minimum Gasteiger partial charge on any atom is -0.354 e. The van der Waals surface area contributed by atoms with Gasteiger partial charge in [-0.3, -0.25) is 4.79 Å². The van der Waals surface area contributed by atoms with E-state index in [1.54, 1.807) is 0 Å². The molecule has 0 aromatic carbocycles. The van der Waals surface area contributed by atoms with Gasteiger partial charge in [-0.2, -0.15) is 0 Å². The van der Waals surface area contributed by atoms with E-state index in [1.165, 1.54) is 12.8 Å². The fourth-order valence-corrected chi connectivity index (χ4v) is 1.59. The second-order valence-electron chi connectivity index (χ2n) is 4.34. The average Bonchev–Trinajstić information content (AvgIpc) is 2.28. The Labute approximate surface area is 99.6 Å². The summed E-state index contributed by atoms with van der Waals surface area (Å²) in [5.41, 5.74) is 0. The van der Waals surface area contributed by atoms with Crippen molar-refractivity contribution in [3.63, 3.8) is 0 Å². The summed E-state index contributed by atoms with van der Waals surface area (Å²) in [6.45, 7) is 4.90. The van der Waals surface area contributed by atoms with E-state index in [2.05, 4.69) is 19.2 Å². The van der Waals surface area contributed by atoms with Crippen molar-refractivity contribution in [2.75, 3.05) is 6.54 Å². The van der Waals surface area contributed by atoms with Gasteiger partial charge in [0, 0.05) is 6.54 Å². The molecule has 0 saturated carbocycles. The molecule has 0 aliphatic carbocycles. The van der Waals surface area contributed by atoms with Gasteiger partial charge in [-0.05, 0) is 12.8 Å². The van der Waals surface area contributed by atoms with Crippen LogP contribution in [0.25, 0.3) is 0 Å². The summed E-state index contributed by atoms with van der Waals surface area (Å²) in [6, 6.07) is 0. The van der Waals surface area contributed by atoms with E-state index in [-0.39, 0.29) is 5.91 Å². The molecule has 95 valence electrons. The Balaban J connectivity index is 3.40. The number of hydrogen-bond acceptors (Lipinski definition) is 1. The predicted molar refractivity (Wildman–Crippen MR) is 65.8 cm³/mol. The Kier molecular flexibility index (Phi) is 10.5. The molecule has 0 saturated heterocycles. The number of carbonyl (C=O) groups excluding carboxylic acids is 1. The number of hydrogen-bond donors (Lipinski definition) is 1. The van der Waals surface area contributed by atoms with Crippen molar-refractivity contribution in [2.24, 2.45) is 0 Å². The Bertz CT molecular complexity index is 171. The van der Waals surface area contributed by atoms with Gasteiger partial charge in [0.05, 0.1) is 0 Å². The lowest BCUT2D eigenvalue weighted by Crippen LogP contribution is -2.34. The van der Waals surface area contributed by atoms with E-state index < -0.39 is 6.10 Å². The molecule has 0 aliphatic rings. The molecular weight excluding hydrogens is 202 g/mol. The van der Waals surface area contributed by atoms with Gasteiger partial charge in [-0.15, -0.1) is 0 Å². The molecule has 1 unspecified atom stereocenters. The largest absolute Gasteiger partial charge is 0.354 e. The van der Waals surface area contributed by atoms with Crippen LogP contribution in [0.5, 0.6) is 0 Å². The molecule has 0 fully saturated rings. The SMILES string of the molecule is CCCCCCNC(=O)C([O])CCCCC. The topological polar surface area (TPSA) is 49.0 Å². The van der Waals surface area contributed by atoms with E-state index >= 15 is 0 Å². The summed E-state index contributed by atoms with van der Waals surface area (Å²) in [7, 11) is 0. The predicted octanol–water partition coefficient (Wildman–Crippen LogP) is 3.06. The van der Waals surface area contributed by atoms with Gasteiger partial charge in [0.1, 0.15) is 0 Å². The third-order valence-electron chi connectivity index (χ3n) is 2.69. The van der Waals surface area contributed by atoms with Crippen molar-refractivity contribution in [3.05, 3.63) is 0 Å². The first-order valence-electron chi connectivity index (χ1n) is 6.65. The summed E-state index contributed by atoms with van der Waals surface area (Å²) in [4.78, 5) is 11.3. The van der Waals surface area contributed by atoms with Crippen molar-refractivity contribution in [1.82, 2.24) is 5.32 Å². The zero-order valence-electron chi connectivity index (χ0n) is 10.8. The van der Waals surface area contributed by atoms with Gasteiger partial charge >= 0.3 is 0 Å². The van der Waals surface area contributed by atoms with Crippen LogP contribution in [-0.4, -0.2) is 18.6 Å². The van der Waals surface area contributed by atoms with E-state index in [1.807, 2.05) is 0 Å². The Morgan fingerprint density at radius 1 is 1.00 bits per heavy atom. The fraction of sp³-hybridized carbons (Fsp3) is 0.923. The molecule has 0 rings (SSSR count). The number of rotatable bonds is 10. The molecule has 0 heterocycles. The smallest absolute Gasteiger partial charge is 0.252 e. The van der Waals surface area contributed by atoms with Gasteiger partial charge < -0.3 is 5.32 Å². The van der Waals surface area contributed by atoms with Crippen LogP contribution >= 0.6 is 0 Å². The lowest BCUT2D eigenvalue weighted by Gasteiger charge is -2.09. The second-order valence-corrected chi connectivity index (χ2v) is 4.34. The first-order chi connectivity index (χ1) is 7.72. The molecule has 3 nitrogen and oxygen atoms in total. The minimum absolute atomic E-state index is 0.312. The Hall–Kier alpha value is -0.570. The lowest BCUT2D eigenvalue weighted by atomic mass is 10.1. The summed E-state index contributed by atoms with van der Waals surface area (Å²) in [5.74, 6) is -0.312. The number of unbranched alkanes of at least 4 members (excludes halogenated alkanes) is 5. The van der Waals surface area contributed by atoms with Crippen LogP contribution in [0.3, 0.4) is 0 Å². The molecular formula is C13H26NO2. The van der Waals surface area contributed by atoms with Gasteiger partial charge in [-0.25, -0.2) is 5.11 Å². The summed E-state index contributed by atoms with van der Waals surface area (Å²) in [6.07, 6.45) is 6.94. The molecule has 1 N–H and O–H groups in total. The van der Waals surface area contributed by atoms with Crippen LogP contribution in [0, 0.1) is 0 Å². The Morgan fingerprint density at radius 3 is 2.25 bits per heavy atom. The van der Waals surface area contributed by atoms with Gasteiger partial charge in [0.15, 0.2) is 6.10 Å². The maximum absolute atomic E-state index is 11.4. The first kappa shape index (κ1) is 15.4. The molecule has 16 heavy (non-hydrogen) atoms. The molecule has 1 amide bonds. The summed E-state index contributed by atoms with van der Waals surface area (Å²) >= 11 is 0. The molecule has 0 spiro atoms. The lowest BCUT2D eigenvalue weighted by molar-refractivity contribution is -0.133. The van der Waals surface area contributed by atoms with Crippen LogP contribution in [0.2, 0.25) is 0 Å². The highest BCUT2D eigenvalue weighted by Gasteiger charge is 2.15. The zero-order valence-corrected chi connectivity index (χ0v) is 10.8. The van der Waals surface area contributed by atoms with Crippen molar-refractivity contribution < 1.29 is 9.90 Å². The molecule has 1 atom stereocenters. The van der Waals surface area contributed by atoms with Crippen LogP contribution in [-0.2, 0) is 9.90 Å². The molecule has 0 aromatic rings. The van der Waals surface area contributed by atoms with Crippen molar-refractivity contribution in [3.8, 4) is 0 Å². The Morgan fingerprint density at radius 2 is 1.62 bits per heavy atom. The second kappa shape index (κ2) is 10.9. The summed E-state index contributed by atoms with van der Waals surface area (Å²) in [5, 5.41) is 14.1. The van der Waals surface area contributed by atoms with Crippen LogP contribution in [0.15, 0.2) is 0 Å². The molecule has 0 aliphatic heterocycles. The maximum atomic E-state index is 11.4. The van der Waals surface area contributed by atoms with E-state index in [4.69, 9.17) is 0 Å². The maximum Gasteiger partial charge on any atom is 0.252 e. The number of nitrogens with one attached hydrogen (secondary N) is 1. The molecule has 0 aromatic heterocycles. The highest BCUT2D eigenvalue weighted by molar-refractivity contribution is 5.80. The van der Waals surface area contributed by atoms with E-state index in [0.717, 1.165) is 32.1 Å². The standard InChI is InChI=1S/C13H26NO2/c1-3-5-7-9-11-14-13(16)12(15)10-8-6-4-2/h12H,3-11H2,1-2H3,(H,14,16). The van der Waals surface area contributed by atoms with E-state index in [0.29, 0.717) is 13.0 Å². The number of carbonyl (C=O) groups is 1. The molecule has 3 heteroatoms. The van der Waals surface area contributed by atoms with Gasteiger partial charge in [0.2, 0.25) is 0 Å². The zero-order chi connectivity index (χ0) is 12.2. The van der Waals surface area contributed by atoms with Crippen LogP contribution in [0.1, 0.15) is 65.2 Å². The third-order valence-corrected chi connectivity index (χ3v) is 2.69. The quantitative estimate of drug-likeness (QED) is 0.574. The normalized spacial score (nSPS) is 12.4. The van der Waals surface area contributed by atoms with Crippen molar-refractivity contribution in [2.45, 2.75) is 71.3 Å². The molecule has 1 radical (unpaired) electrons. The summed E-state index contributed by atoms with van der Waals surface area (Å²) < 4.78 is 0. The van der Waals surface area contributed by atoms with Crippen molar-refractivity contribution in [1.29, 1.82) is 0 Å². The van der Waals surface area contributed by atoms with Gasteiger partial charge in [0.25, 0.3) is 5.91 Å². The average molecular weight is 228 g/mol. The molecule has 0 bridgehead atoms. The van der Waals surface area contributed by atoms with Crippen LogP contribution in [0.4, 0.5) is 0 Å². The highest BCUT2D eigenvalue weighted by Crippen LogP contribution is 2.04. The number of amides is 1. The highest BCUT2D eigenvalue weighted by atomic mass is 16.3. The monoisotopic (exact) mass is 228 g/mol. The van der Waals surface area contributed by atoms with E-state index in [9.17, 15) is 9.90 Å². The van der Waals surface area contributed by atoms with Gasteiger partial charge in [-0.1, -0.05) is 52.4 Å². The van der Waals surface area contributed by atoms with Crippen LogP contribution < -0.4 is 5.32 Å². The minimum atomic E-state index is -1.06. The van der Waals surface area contributed by atoms with Crippen molar-refractivity contribution >= 4 is 5.91 Å². The fourth-order valence-electron chi connectivity index (χ4n) is 1.59. The first-order valence-corrected chi connectivity index (χ1v) is 6.65.